The summed E-state index contributed by atoms with van der Waals surface area (Å²) in [6.45, 7) is 2.87. The summed E-state index contributed by atoms with van der Waals surface area (Å²) in [5.74, 6) is 0.189. The van der Waals surface area contributed by atoms with E-state index in [4.69, 9.17) is 23.2 Å². The molecular weight excluding hydrogens is 329 g/mol. The van der Waals surface area contributed by atoms with Crippen LogP contribution < -0.4 is 0 Å². The van der Waals surface area contributed by atoms with Crippen LogP contribution in [0.25, 0.3) is 0 Å². The summed E-state index contributed by atoms with van der Waals surface area (Å²) in [5.41, 5.74) is 2.12. The molecule has 0 bridgehead atoms. The Morgan fingerprint density at radius 2 is 1.87 bits per heavy atom. The zero-order valence-electron chi connectivity index (χ0n) is 13.0. The molecule has 3 rings (SSSR count). The van der Waals surface area contributed by atoms with Crippen molar-refractivity contribution in [1.29, 1.82) is 0 Å². The molecule has 0 N–H and O–H groups in total. The summed E-state index contributed by atoms with van der Waals surface area (Å²) in [4.78, 5) is 14.7. The molecule has 120 valence electrons. The molecule has 0 radical (unpaired) electrons. The van der Waals surface area contributed by atoms with Crippen molar-refractivity contribution in [2.75, 3.05) is 6.54 Å². The number of hydrogen-bond donors (Lipinski definition) is 0. The van der Waals surface area contributed by atoms with Crippen LogP contribution in [0.5, 0.6) is 0 Å². The summed E-state index contributed by atoms with van der Waals surface area (Å²) in [5, 5.41) is 1.11. The van der Waals surface area contributed by atoms with E-state index >= 15 is 0 Å². The molecule has 0 saturated carbocycles. The third-order valence-corrected chi connectivity index (χ3v) is 5.46. The van der Waals surface area contributed by atoms with Gasteiger partial charge in [0, 0.05) is 12.5 Å². The zero-order chi connectivity index (χ0) is 16.4. The van der Waals surface area contributed by atoms with Crippen LogP contribution in [0.15, 0.2) is 48.5 Å². The van der Waals surface area contributed by atoms with Crippen molar-refractivity contribution in [1.82, 2.24) is 4.90 Å². The van der Waals surface area contributed by atoms with E-state index in [1.807, 2.05) is 35.2 Å². The van der Waals surface area contributed by atoms with Crippen LogP contribution in [0.2, 0.25) is 10.0 Å². The quantitative estimate of drug-likeness (QED) is 0.749. The molecule has 1 aliphatic heterocycles. The van der Waals surface area contributed by atoms with Crippen LogP contribution in [0.1, 0.15) is 30.5 Å². The first kappa shape index (κ1) is 16.4. The van der Waals surface area contributed by atoms with Gasteiger partial charge in [0.1, 0.15) is 0 Å². The second kappa shape index (κ2) is 6.94. The molecule has 1 amide bonds. The highest BCUT2D eigenvalue weighted by Crippen LogP contribution is 2.33. The number of likely N-dealkylation sites (tertiary alicyclic amines) is 1. The van der Waals surface area contributed by atoms with Crippen molar-refractivity contribution in [2.45, 2.75) is 25.8 Å². The molecular formula is C19H19Cl2NO. The van der Waals surface area contributed by atoms with Crippen molar-refractivity contribution in [3.8, 4) is 0 Å². The molecule has 0 aromatic heterocycles. The SMILES string of the molecule is C[C@@H](c1ccccc1)N1CC[C@@H](Cc2cccc(Cl)c2Cl)C1=O. The van der Waals surface area contributed by atoms with E-state index in [9.17, 15) is 4.79 Å². The summed E-state index contributed by atoms with van der Waals surface area (Å²) < 4.78 is 0. The lowest BCUT2D eigenvalue weighted by Crippen LogP contribution is -2.30. The second-order valence-corrected chi connectivity index (χ2v) is 6.81. The van der Waals surface area contributed by atoms with Crippen LogP contribution in [0.4, 0.5) is 0 Å². The molecule has 0 spiro atoms. The maximum Gasteiger partial charge on any atom is 0.226 e. The predicted octanol–water partition coefficient (Wildman–Crippen LogP) is 5.15. The Morgan fingerprint density at radius 3 is 2.61 bits per heavy atom. The van der Waals surface area contributed by atoms with E-state index in [0.717, 1.165) is 18.5 Å². The zero-order valence-corrected chi connectivity index (χ0v) is 14.5. The molecule has 2 aromatic carbocycles. The number of nitrogens with zero attached hydrogens (tertiary/aromatic N) is 1. The average molecular weight is 348 g/mol. The van der Waals surface area contributed by atoms with Crippen molar-refractivity contribution in [3.05, 3.63) is 69.7 Å². The molecule has 2 aromatic rings. The number of carbonyl (C=O) groups excluding carboxylic acids is 1. The van der Waals surface area contributed by atoms with Gasteiger partial charge in [-0.1, -0.05) is 65.7 Å². The van der Waals surface area contributed by atoms with Crippen LogP contribution in [-0.2, 0) is 11.2 Å². The van der Waals surface area contributed by atoms with Gasteiger partial charge in [-0.25, -0.2) is 0 Å². The van der Waals surface area contributed by atoms with E-state index in [0.29, 0.717) is 16.5 Å². The smallest absolute Gasteiger partial charge is 0.226 e. The van der Waals surface area contributed by atoms with Crippen LogP contribution in [-0.4, -0.2) is 17.4 Å². The fourth-order valence-electron chi connectivity index (χ4n) is 3.22. The Bertz CT molecular complexity index is 702. The number of rotatable bonds is 4. The predicted molar refractivity (Wildman–Crippen MR) is 94.8 cm³/mol. The number of carbonyl (C=O) groups is 1. The summed E-state index contributed by atoms with van der Waals surface area (Å²) in [6.07, 6.45) is 1.51. The van der Waals surface area contributed by atoms with Crippen molar-refractivity contribution < 1.29 is 4.79 Å². The summed E-state index contributed by atoms with van der Waals surface area (Å²) in [7, 11) is 0. The lowest BCUT2D eigenvalue weighted by molar-refractivity contribution is -0.132. The van der Waals surface area contributed by atoms with E-state index in [-0.39, 0.29) is 17.9 Å². The monoisotopic (exact) mass is 347 g/mol. The van der Waals surface area contributed by atoms with Gasteiger partial charge in [0.2, 0.25) is 5.91 Å². The van der Waals surface area contributed by atoms with Crippen LogP contribution in [0.3, 0.4) is 0 Å². The van der Waals surface area contributed by atoms with Gasteiger partial charge in [0.05, 0.1) is 16.1 Å². The lowest BCUT2D eigenvalue weighted by atomic mass is 9.98. The minimum atomic E-state index is -0.0165. The van der Waals surface area contributed by atoms with Gasteiger partial charge < -0.3 is 4.90 Å². The topological polar surface area (TPSA) is 20.3 Å². The van der Waals surface area contributed by atoms with Crippen molar-refractivity contribution in [2.24, 2.45) is 5.92 Å². The van der Waals surface area contributed by atoms with E-state index in [1.165, 1.54) is 5.56 Å². The fourth-order valence-corrected chi connectivity index (χ4v) is 3.62. The van der Waals surface area contributed by atoms with E-state index < -0.39 is 0 Å². The summed E-state index contributed by atoms with van der Waals surface area (Å²) in [6, 6.07) is 15.9. The Labute approximate surface area is 147 Å². The van der Waals surface area contributed by atoms with E-state index in [2.05, 4.69) is 19.1 Å². The van der Waals surface area contributed by atoms with E-state index in [1.54, 1.807) is 6.07 Å². The first-order valence-corrected chi connectivity index (χ1v) is 8.62. The second-order valence-electron chi connectivity index (χ2n) is 6.02. The highest BCUT2D eigenvalue weighted by Gasteiger charge is 2.35. The normalized spacial score (nSPS) is 19.2. The minimum absolute atomic E-state index is 0.0165. The highest BCUT2D eigenvalue weighted by molar-refractivity contribution is 6.42. The Morgan fingerprint density at radius 1 is 1.13 bits per heavy atom. The molecule has 2 nitrogen and oxygen atoms in total. The van der Waals surface area contributed by atoms with Crippen molar-refractivity contribution in [3.63, 3.8) is 0 Å². The maximum absolute atomic E-state index is 12.8. The first-order valence-electron chi connectivity index (χ1n) is 7.86. The van der Waals surface area contributed by atoms with Gasteiger partial charge in [0.15, 0.2) is 0 Å². The Hall–Kier alpha value is -1.51. The molecule has 0 aliphatic carbocycles. The Balaban J connectivity index is 1.73. The Kier molecular flexibility index (Phi) is 4.93. The van der Waals surface area contributed by atoms with Gasteiger partial charge in [0.25, 0.3) is 0 Å². The van der Waals surface area contributed by atoms with Crippen LogP contribution in [0, 0.1) is 5.92 Å². The molecule has 1 saturated heterocycles. The van der Waals surface area contributed by atoms with Gasteiger partial charge >= 0.3 is 0 Å². The lowest BCUT2D eigenvalue weighted by Gasteiger charge is -2.25. The van der Waals surface area contributed by atoms with Gasteiger partial charge in [-0.15, -0.1) is 0 Å². The molecule has 23 heavy (non-hydrogen) atoms. The number of halogens is 2. The standard InChI is InChI=1S/C19H19Cl2NO/c1-13(14-6-3-2-4-7-14)22-11-10-16(19(22)23)12-15-8-5-9-17(20)18(15)21/h2-9,13,16H,10-12H2,1H3/t13-,16-/m0/s1. The molecule has 2 atom stereocenters. The maximum atomic E-state index is 12.8. The number of benzene rings is 2. The average Bonchev–Trinajstić information content (AvgIpc) is 2.93. The third-order valence-electron chi connectivity index (χ3n) is 4.60. The van der Waals surface area contributed by atoms with Crippen molar-refractivity contribution >= 4 is 29.1 Å². The largest absolute Gasteiger partial charge is 0.336 e. The fraction of sp³-hybridized carbons (Fsp3) is 0.316. The van der Waals surface area contributed by atoms with Crippen LogP contribution >= 0.6 is 23.2 Å². The number of hydrogen-bond acceptors (Lipinski definition) is 1. The molecule has 1 aliphatic rings. The highest BCUT2D eigenvalue weighted by atomic mass is 35.5. The molecule has 1 heterocycles. The third kappa shape index (κ3) is 3.39. The first-order chi connectivity index (χ1) is 11.1. The molecule has 1 fully saturated rings. The van der Waals surface area contributed by atoms with Gasteiger partial charge in [-0.05, 0) is 37.0 Å². The number of amides is 1. The summed E-state index contributed by atoms with van der Waals surface area (Å²) >= 11 is 12.3. The van der Waals surface area contributed by atoms with Gasteiger partial charge in [-0.3, -0.25) is 4.79 Å². The molecule has 0 unspecified atom stereocenters. The molecule has 4 heteroatoms. The minimum Gasteiger partial charge on any atom is -0.336 e. The van der Waals surface area contributed by atoms with Gasteiger partial charge in [-0.2, -0.15) is 0 Å².